The predicted molar refractivity (Wildman–Crippen MR) is 86.6 cm³/mol. The van der Waals surface area contributed by atoms with Crippen molar-refractivity contribution in [3.05, 3.63) is 47.8 Å². The second-order valence-corrected chi connectivity index (χ2v) is 5.73. The summed E-state index contributed by atoms with van der Waals surface area (Å²) in [6.45, 7) is 0.384. The second-order valence-electron chi connectivity index (χ2n) is 5.73. The molecule has 1 saturated heterocycles. The first-order valence-corrected chi connectivity index (χ1v) is 7.75. The first-order valence-electron chi connectivity index (χ1n) is 7.75. The molecule has 0 spiro atoms. The van der Waals surface area contributed by atoms with Gasteiger partial charge in [0, 0.05) is 12.1 Å². The predicted octanol–water partition coefficient (Wildman–Crippen LogP) is 2.22. The fourth-order valence-electron chi connectivity index (χ4n) is 3.00. The van der Waals surface area contributed by atoms with Crippen LogP contribution in [-0.2, 0) is 4.79 Å². The topological polar surface area (TPSA) is 73.2 Å². The summed E-state index contributed by atoms with van der Waals surface area (Å²) in [6.07, 6.45) is 1.47. The highest BCUT2D eigenvalue weighted by Gasteiger charge is 2.28. The summed E-state index contributed by atoms with van der Waals surface area (Å²) >= 11 is 0. The number of carbonyl (C=O) groups excluding carboxylic acids is 2. The third kappa shape index (κ3) is 3.06. The number of rotatable bonds is 3. The van der Waals surface area contributed by atoms with Gasteiger partial charge in [-0.05, 0) is 41.8 Å². The van der Waals surface area contributed by atoms with Gasteiger partial charge in [0.25, 0.3) is 5.91 Å². The highest BCUT2D eigenvalue weighted by molar-refractivity contribution is 6.07. The number of nitriles is 1. The Labute approximate surface area is 138 Å². The molecule has 122 valence electrons. The number of amides is 2. The van der Waals surface area contributed by atoms with Gasteiger partial charge < -0.3 is 10.2 Å². The summed E-state index contributed by atoms with van der Waals surface area (Å²) in [7, 11) is 0. The average Bonchev–Trinajstić information content (AvgIpc) is 3.07. The molecule has 24 heavy (non-hydrogen) atoms. The quantitative estimate of drug-likeness (QED) is 0.940. The summed E-state index contributed by atoms with van der Waals surface area (Å²) in [6, 6.07) is 10.9. The first-order chi connectivity index (χ1) is 11.6. The van der Waals surface area contributed by atoms with Gasteiger partial charge in [0.05, 0.1) is 12.6 Å². The van der Waals surface area contributed by atoms with Gasteiger partial charge in [-0.1, -0.05) is 18.2 Å². The highest BCUT2D eigenvalue weighted by atomic mass is 19.1. The molecule has 0 saturated carbocycles. The van der Waals surface area contributed by atoms with Crippen molar-refractivity contribution >= 4 is 22.6 Å². The Kier molecular flexibility index (Phi) is 4.43. The molecule has 1 heterocycles. The molecule has 6 heteroatoms. The summed E-state index contributed by atoms with van der Waals surface area (Å²) in [5.41, 5.74) is 0.388. The zero-order valence-corrected chi connectivity index (χ0v) is 13.0. The molecule has 0 aliphatic carbocycles. The van der Waals surface area contributed by atoms with Crippen LogP contribution in [0.25, 0.3) is 10.8 Å². The van der Waals surface area contributed by atoms with Crippen LogP contribution in [0.4, 0.5) is 4.39 Å². The number of hydrogen-bond acceptors (Lipinski definition) is 3. The summed E-state index contributed by atoms with van der Waals surface area (Å²) in [5.74, 6) is -1.03. The van der Waals surface area contributed by atoms with Crippen LogP contribution in [-0.4, -0.2) is 35.8 Å². The smallest absolute Gasteiger partial charge is 0.252 e. The number of fused-ring (bicyclic) bond motifs is 1. The van der Waals surface area contributed by atoms with E-state index in [-0.39, 0.29) is 18.3 Å². The van der Waals surface area contributed by atoms with Crippen molar-refractivity contribution < 1.29 is 14.0 Å². The minimum Gasteiger partial charge on any atom is -0.343 e. The van der Waals surface area contributed by atoms with E-state index in [1.807, 2.05) is 0 Å². The van der Waals surface area contributed by atoms with E-state index in [0.29, 0.717) is 29.3 Å². The van der Waals surface area contributed by atoms with Crippen LogP contribution in [0.3, 0.4) is 0 Å². The van der Waals surface area contributed by atoms with E-state index in [1.165, 1.54) is 17.0 Å². The Morgan fingerprint density at radius 1 is 1.33 bits per heavy atom. The lowest BCUT2D eigenvalue weighted by molar-refractivity contribution is -0.130. The molecule has 1 aliphatic heterocycles. The normalized spacial score (nSPS) is 16.8. The summed E-state index contributed by atoms with van der Waals surface area (Å²) < 4.78 is 13.3. The number of nitrogens with one attached hydrogen (secondary N) is 1. The molecule has 0 aromatic heterocycles. The maximum Gasteiger partial charge on any atom is 0.252 e. The van der Waals surface area contributed by atoms with Gasteiger partial charge in [0.1, 0.15) is 11.9 Å². The fraction of sp³-hybridized carbons (Fsp3) is 0.278. The van der Waals surface area contributed by atoms with Crippen LogP contribution >= 0.6 is 0 Å². The summed E-state index contributed by atoms with van der Waals surface area (Å²) in [5, 5.41) is 12.9. The Morgan fingerprint density at radius 3 is 2.96 bits per heavy atom. The molecule has 0 radical (unpaired) electrons. The number of carbonyl (C=O) groups is 2. The van der Waals surface area contributed by atoms with Crippen LogP contribution in [0.5, 0.6) is 0 Å². The van der Waals surface area contributed by atoms with Crippen molar-refractivity contribution in [3.63, 3.8) is 0 Å². The maximum absolute atomic E-state index is 13.3. The number of halogens is 1. The molecule has 1 atom stereocenters. The fourth-order valence-corrected chi connectivity index (χ4v) is 3.00. The zero-order chi connectivity index (χ0) is 17.1. The van der Waals surface area contributed by atoms with E-state index in [2.05, 4.69) is 11.4 Å². The van der Waals surface area contributed by atoms with Crippen molar-refractivity contribution in [2.24, 2.45) is 0 Å². The Morgan fingerprint density at radius 2 is 2.17 bits per heavy atom. The van der Waals surface area contributed by atoms with E-state index in [4.69, 9.17) is 5.26 Å². The minimum absolute atomic E-state index is 0.158. The van der Waals surface area contributed by atoms with Crippen LogP contribution < -0.4 is 5.32 Å². The number of likely N-dealkylation sites (tertiary alicyclic amines) is 1. The van der Waals surface area contributed by atoms with Crippen molar-refractivity contribution in [1.82, 2.24) is 10.2 Å². The Hall–Kier alpha value is -2.94. The third-order valence-corrected chi connectivity index (χ3v) is 4.21. The second kappa shape index (κ2) is 6.67. The number of nitrogens with zero attached hydrogens (tertiary/aromatic N) is 2. The molecule has 1 fully saturated rings. The lowest BCUT2D eigenvalue weighted by Crippen LogP contribution is -2.42. The largest absolute Gasteiger partial charge is 0.343 e. The van der Waals surface area contributed by atoms with E-state index in [0.717, 1.165) is 6.42 Å². The molecule has 1 N–H and O–H groups in total. The van der Waals surface area contributed by atoms with Gasteiger partial charge in [0.15, 0.2) is 0 Å². The monoisotopic (exact) mass is 325 g/mol. The minimum atomic E-state index is -0.407. The summed E-state index contributed by atoms with van der Waals surface area (Å²) in [4.78, 5) is 26.0. The molecule has 5 nitrogen and oxygen atoms in total. The van der Waals surface area contributed by atoms with Crippen molar-refractivity contribution in [2.75, 3.05) is 13.1 Å². The van der Waals surface area contributed by atoms with Crippen molar-refractivity contribution in [2.45, 2.75) is 18.9 Å². The molecule has 3 rings (SSSR count). The standard InChI is InChI=1S/C18H16FN3O2/c19-13-6-7-15-12(9-13)3-1-5-16(15)18(24)21-11-17(23)22-8-2-4-14(22)10-20/h1,3,5-7,9,14H,2,4,8,11H2,(H,21,24)/t14-/m0/s1. The van der Waals surface area contributed by atoms with E-state index >= 15 is 0 Å². The van der Waals surface area contributed by atoms with Gasteiger partial charge in [-0.2, -0.15) is 5.26 Å². The van der Waals surface area contributed by atoms with Crippen LogP contribution in [0.1, 0.15) is 23.2 Å². The van der Waals surface area contributed by atoms with Gasteiger partial charge in [-0.25, -0.2) is 4.39 Å². The van der Waals surface area contributed by atoms with Crippen LogP contribution in [0.15, 0.2) is 36.4 Å². The molecule has 2 aromatic carbocycles. The molecular weight excluding hydrogens is 309 g/mol. The third-order valence-electron chi connectivity index (χ3n) is 4.21. The molecular formula is C18H16FN3O2. The first kappa shape index (κ1) is 15.9. The molecule has 2 amide bonds. The van der Waals surface area contributed by atoms with Gasteiger partial charge >= 0.3 is 0 Å². The molecule has 0 bridgehead atoms. The van der Waals surface area contributed by atoms with Crippen molar-refractivity contribution in [1.29, 1.82) is 5.26 Å². The van der Waals surface area contributed by atoms with E-state index in [1.54, 1.807) is 24.3 Å². The van der Waals surface area contributed by atoms with Crippen LogP contribution in [0, 0.1) is 17.1 Å². The molecule has 2 aromatic rings. The maximum atomic E-state index is 13.3. The molecule has 0 unspecified atom stereocenters. The Bertz CT molecular complexity index is 844. The van der Waals surface area contributed by atoms with Crippen LogP contribution in [0.2, 0.25) is 0 Å². The Balaban J connectivity index is 1.72. The van der Waals surface area contributed by atoms with Gasteiger partial charge in [-0.15, -0.1) is 0 Å². The van der Waals surface area contributed by atoms with E-state index < -0.39 is 11.9 Å². The zero-order valence-electron chi connectivity index (χ0n) is 13.0. The SMILES string of the molecule is N#C[C@@H]1CCCN1C(=O)CNC(=O)c1cccc2cc(F)ccc12. The number of benzene rings is 2. The number of hydrogen-bond donors (Lipinski definition) is 1. The molecule has 1 aliphatic rings. The lowest BCUT2D eigenvalue weighted by Gasteiger charge is -2.19. The van der Waals surface area contributed by atoms with E-state index in [9.17, 15) is 14.0 Å². The average molecular weight is 325 g/mol. The highest BCUT2D eigenvalue weighted by Crippen LogP contribution is 2.20. The van der Waals surface area contributed by atoms with Crippen molar-refractivity contribution in [3.8, 4) is 6.07 Å². The lowest BCUT2D eigenvalue weighted by atomic mass is 10.0. The van der Waals surface area contributed by atoms with Gasteiger partial charge in [-0.3, -0.25) is 9.59 Å². The van der Waals surface area contributed by atoms with Gasteiger partial charge in [0.2, 0.25) is 5.91 Å².